The van der Waals surface area contributed by atoms with Crippen LogP contribution in [0.1, 0.15) is 22.6 Å². The fourth-order valence-electron chi connectivity index (χ4n) is 4.57. The summed E-state index contributed by atoms with van der Waals surface area (Å²) >= 11 is 0. The van der Waals surface area contributed by atoms with Gasteiger partial charge in [0, 0.05) is 39.6 Å². The Morgan fingerprint density at radius 3 is 2.33 bits per heavy atom. The summed E-state index contributed by atoms with van der Waals surface area (Å²) in [4.78, 5) is 18.1. The summed E-state index contributed by atoms with van der Waals surface area (Å²) in [7, 11) is 0. The van der Waals surface area contributed by atoms with Crippen molar-refractivity contribution < 1.29 is 28.2 Å². The number of aromatic nitrogens is 1. The van der Waals surface area contributed by atoms with Crippen molar-refractivity contribution in [3.63, 3.8) is 0 Å². The molecule has 0 bridgehead atoms. The van der Waals surface area contributed by atoms with E-state index in [4.69, 9.17) is 13.9 Å². The number of halogens is 1. The van der Waals surface area contributed by atoms with Crippen molar-refractivity contribution in [1.82, 2.24) is 9.88 Å². The highest BCUT2D eigenvalue weighted by Crippen LogP contribution is 2.24. The maximum absolute atomic E-state index is 13.4. The third-order valence-electron chi connectivity index (χ3n) is 6.55. The number of oxazole rings is 1. The van der Waals surface area contributed by atoms with Crippen LogP contribution in [0.4, 0.5) is 4.39 Å². The number of nitrogens with zero attached hydrogens (tertiary/aromatic N) is 2. The molecule has 7 nitrogen and oxygen atoms in total. The van der Waals surface area contributed by atoms with E-state index in [0.29, 0.717) is 49.3 Å². The summed E-state index contributed by atoms with van der Waals surface area (Å²) in [6.45, 7) is 3.05. The first-order valence-corrected chi connectivity index (χ1v) is 13.6. The number of ether oxygens (including phenoxy) is 2. The van der Waals surface area contributed by atoms with E-state index in [2.05, 4.69) is 4.98 Å². The first-order valence-electron chi connectivity index (χ1n) is 13.6. The number of rotatable bonds is 13. The predicted molar refractivity (Wildman–Crippen MR) is 163 cm³/mol. The molecule has 0 spiro atoms. The highest BCUT2D eigenvalue weighted by molar-refractivity contribution is 5.75. The van der Waals surface area contributed by atoms with Gasteiger partial charge in [-0.3, -0.25) is 9.69 Å². The van der Waals surface area contributed by atoms with E-state index >= 15 is 0 Å². The molecule has 0 atom stereocenters. The molecule has 43 heavy (non-hydrogen) atoms. The largest absolute Gasteiger partial charge is 0.493 e. The summed E-state index contributed by atoms with van der Waals surface area (Å²) in [6.07, 6.45) is 0.594. The molecule has 0 aliphatic carbocycles. The Hall–Kier alpha value is -4.89. The second kappa shape index (κ2) is 14.8. The zero-order valence-corrected chi connectivity index (χ0v) is 23.8. The summed E-state index contributed by atoms with van der Waals surface area (Å²) in [5.74, 6) is 1.76. The standard InChI is InChI=1S/C34H31FN2O5.B/c1-24-32(36-34(41-24)27-8-3-2-4-9-27)17-18-40-30-11-5-7-26(19-30)22-37(23-33(38)39)21-25-13-15-29(16-14-25)42-31-12-6-10-28(35)20-31;/h2-16,19-20H,17-18,21-23H2,1H3,(H,38,39);. The Labute approximate surface area is 252 Å². The second-order valence-corrected chi connectivity index (χ2v) is 9.88. The van der Waals surface area contributed by atoms with Crippen molar-refractivity contribution >= 4 is 14.4 Å². The van der Waals surface area contributed by atoms with Gasteiger partial charge in [-0.25, -0.2) is 9.37 Å². The molecule has 5 aromatic rings. The minimum atomic E-state index is -0.911. The van der Waals surface area contributed by atoms with Crippen molar-refractivity contribution in [2.45, 2.75) is 26.4 Å². The van der Waals surface area contributed by atoms with E-state index in [0.717, 1.165) is 28.1 Å². The fraction of sp³-hybridized carbons (Fsp3) is 0.176. The molecular weight excluding hydrogens is 546 g/mol. The molecule has 0 aliphatic rings. The molecule has 217 valence electrons. The van der Waals surface area contributed by atoms with Gasteiger partial charge >= 0.3 is 5.97 Å². The van der Waals surface area contributed by atoms with Gasteiger partial charge in [-0.2, -0.15) is 0 Å². The van der Waals surface area contributed by atoms with Gasteiger partial charge in [-0.1, -0.05) is 48.5 Å². The van der Waals surface area contributed by atoms with Gasteiger partial charge in [0.15, 0.2) is 0 Å². The summed E-state index contributed by atoms with van der Waals surface area (Å²) in [6, 6.07) is 30.7. The van der Waals surface area contributed by atoms with Crippen LogP contribution < -0.4 is 9.47 Å². The van der Waals surface area contributed by atoms with E-state index in [1.807, 2.05) is 78.6 Å². The number of hydrogen-bond donors (Lipinski definition) is 1. The molecule has 5 rings (SSSR count). The minimum absolute atomic E-state index is 0. The Morgan fingerprint density at radius 2 is 1.58 bits per heavy atom. The van der Waals surface area contributed by atoms with Crippen molar-refractivity contribution in [1.29, 1.82) is 0 Å². The molecule has 1 heterocycles. The number of aliphatic carboxylic acids is 1. The van der Waals surface area contributed by atoms with E-state index < -0.39 is 5.97 Å². The van der Waals surface area contributed by atoms with Crippen LogP contribution in [0.5, 0.6) is 17.2 Å². The molecule has 0 fully saturated rings. The van der Waals surface area contributed by atoms with Crippen LogP contribution in [-0.2, 0) is 24.3 Å². The van der Waals surface area contributed by atoms with E-state index in [9.17, 15) is 14.3 Å². The maximum atomic E-state index is 13.4. The Balaban J connectivity index is 0.00000423. The van der Waals surface area contributed by atoms with Crippen LogP contribution in [0.25, 0.3) is 11.5 Å². The van der Waals surface area contributed by atoms with Crippen LogP contribution >= 0.6 is 0 Å². The Kier molecular flexibility index (Phi) is 10.7. The highest BCUT2D eigenvalue weighted by atomic mass is 19.1. The molecule has 1 N–H and O–H groups in total. The quantitative estimate of drug-likeness (QED) is 0.152. The first-order chi connectivity index (χ1) is 20.4. The molecule has 0 amide bonds. The summed E-state index contributed by atoms with van der Waals surface area (Å²) in [5, 5.41) is 9.52. The Morgan fingerprint density at radius 1 is 0.860 bits per heavy atom. The molecule has 0 saturated heterocycles. The number of hydrogen-bond acceptors (Lipinski definition) is 6. The van der Waals surface area contributed by atoms with Crippen molar-refractivity contribution in [3.05, 3.63) is 132 Å². The third kappa shape index (κ3) is 9.05. The molecule has 1 aromatic heterocycles. The average Bonchev–Trinajstić information content (AvgIpc) is 3.35. The molecule has 9 heteroatoms. The SMILES string of the molecule is Cc1oc(-c2ccccc2)nc1CCOc1cccc(CN(CC(=O)O)Cc2ccc(Oc3cccc(F)c3)cc2)c1.[B]. The van der Waals surface area contributed by atoms with Gasteiger partial charge in [0.25, 0.3) is 0 Å². The van der Waals surface area contributed by atoms with E-state index in [1.165, 1.54) is 12.1 Å². The number of aryl methyl sites for hydroxylation is 1. The van der Waals surface area contributed by atoms with Gasteiger partial charge in [0.2, 0.25) is 5.89 Å². The fourth-order valence-corrected chi connectivity index (χ4v) is 4.57. The van der Waals surface area contributed by atoms with Crippen molar-refractivity contribution in [2.75, 3.05) is 13.2 Å². The van der Waals surface area contributed by atoms with Gasteiger partial charge < -0.3 is 19.0 Å². The number of benzene rings is 4. The minimum Gasteiger partial charge on any atom is -0.493 e. The lowest BCUT2D eigenvalue weighted by Crippen LogP contribution is -2.29. The molecule has 3 radical (unpaired) electrons. The molecule has 0 saturated carbocycles. The molecular formula is C34H31BFN2O5. The van der Waals surface area contributed by atoms with Gasteiger partial charge in [-0.05, 0) is 66.6 Å². The van der Waals surface area contributed by atoms with E-state index in [1.54, 1.807) is 24.3 Å². The van der Waals surface area contributed by atoms with Crippen molar-refractivity contribution in [3.8, 4) is 28.7 Å². The average molecular weight is 577 g/mol. The van der Waals surface area contributed by atoms with Crippen LogP contribution in [0.2, 0.25) is 0 Å². The maximum Gasteiger partial charge on any atom is 0.317 e. The lowest BCUT2D eigenvalue weighted by atomic mass is 10.1. The van der Waals surface area contributed by atoms with Crippen LogP contribution in [0.3, 0.4) is 0 Å². The summed E-state index contributed by atoms with van der Waals surface area (Å²) in [5.41, 5.74) is 3.64. The van der Waals surface area contributed by atoms with E-state index in [-0.39, 0.29) is 20.8 Å². The predicted octanol–water partition coefficient (Wildman–Crippen LogP) is 6.91. The Bertz CT molecular complexity index is 1630. The third-order valence-corrected chi connectivity index (χ3v) is 6.55. The van der Waals surface area contributed by atoms with Gasteiger partial charge in [-0.15, -0.1) is 0 Å². The monoisotopic (exact) mass is 577 g/mol. The smallest absolute Gasteiger partial charge is 0.317 e. The molecule has 0 aliphatic heterocycles. The number of carbonyl (C=O) groups is 1. The van der Waals surface area contributed by atoms with Gasteiger partial charge in [0.1, 0.15) is 28.8 Å². The molecule has 4 aromatic carbocycles. The lowest BCUT2D eigenvalue weighted by molar-refractivity contribution is -0.138. The van der Waals surface area contributed by atoms with Crippen LogP contribution in [-0.4, -0.2) is 42.5 Å². The normalized spacial score (nSPS) is 10.8. The zero-order chi connectivity index (χ0) is 29.3. The molecule has 0 unspecified atom stereocenters. The highest BCUT2D eigenvalue weighted by Gasteiger charge is 2.14. The number of carboxylic acid groups (broad SMARTS) is 1. The first kappa shape index (κ1) is 31.1. The van der Waals surface area contributed by atoms with Crippen LogP contribution in [0.15, 0.2) is 108 Å². The van der Waals surface area contributed by atoms with Gasteiger partial charge in [0.05, 0.1) is 18.8 Å². The van der Waals surface area contributed by atoms with Crippen LogP contribution in [0, 0.1) is 12.7 Å². The van der Waals surface area contributed by atoms with Crippen molar-refractivity contribution in [2.24, 2.45) is 0 Å². The number of carboxylic acids is 1. The second-order valence-electron chi connectivity index (χ2n) is 9.88. The lowest BCUT2D eigenvalue weighted by Gasteiger charge is -2.21. The zero-order valence-electron chi connectivity index (χ0n) is 23.8. The topological polar surface area (TPSA) is 85.0 Å². The summed E-state index contributed by atoms with van der Waals surface area (Å²) < 4.78 is 31.0.